The van der Waals surface area contributed by atoms with Crippen LogP contribution in [0.4, 0.5) is 27.8 Å². The zero-order valence-electron chi connectivity index (χ0n) is 23.5. The number of anilines is 1. The van der Waals surface area contributed by atoms with E-state index in [-0.39, 0.29) is 69.8 Å². The number of benzene rings is 2. The molecule has 0 unspecified atom stereocenters. The van der Waals surface area contributed by atoms with Crippen molar-refractivity contribution in [2.75, 3.05) is 31.1 Å². The highest BCUT2D eigenvalue weighted by Crippen LogP contribution is 2.42. The number of nitrogens with zero attached hydrogens (tertiary/aromatic N) is 5. The Kier molecular flexibility index (Phi) is 6.96. The van der Waals surface area contributed by atoms with E-state index >= 15 is 4.39 Å². The fourth-order valence-electron chi connectivity index (χ4n) is 6.84. The Labute approximate surface area is 249 Å². The molecule has 44 heavy (non-hydrogen) atoms. The second-order valence-corrected chi connectivity index (χ2v) is 11.8. The van der Waals surface area contributed by atoms with E-state index in [1.807, 2.05) is 4.90 Å². The number of terminal acetylenes is 1. The molecule has 3 aliphatic rings. The molecule has 12 heteroatoms. The predicted molar refractivity (Wildman–Crippen MR) is 155 cm³/mol. The molecule has 4 heterocycles. The van der Waals surface area contributed by atoms with Gasteiger partial charge in [0.15, 0.2) is 5.82 Å². The molecule has 0 radical (unpaired) electrons. The highest BCUT2D eigenvalue weighted by Gasteiger charge is 2.49. The molecule has 2 aliphatic heterocycles. The van der Waals surface area contributed by atoms with Crippen LogP contribution in [0.1, 0.15) is 37.7 Å². The predicted octanol–water partition coefficient (Wildman–Crippen LogP) is 6.00. The number of rotatable bonds is 8. The Morgan fingerprint density at radius 3 is 2.77 bits per heavy atom. The minimum Gasteiger partial charge on any atom is -0.508 e. The first-order valence-electron chi connectivity index (χ1n) is 14.5. The van der Waals surface area contributed by atoms with Gasteiger partial charge in [0.25, 0.3) is 6.43 Å². The van der Waals surface area contributed by atoms with Crippen LogP contribution >= 0.6 is 0 Å². The maximum absolute atomic E-state index is 16.6. The van der Waals surface area contributed by atoms with Crippen LogP contribution in [-0.2, 0) is 0 Å². The Morgan fingerprint density at radius 1 is 1.20 bits per heavy atom. The second-order valence-electron chi connectivity index (χ2n) is 11.8. The van der Waals surface area contributed by atoms with Crippen molar-refractivity contribution in [2.24, 2.45) is 0 Å². The monoisotopic (exact) mass is 609 g/mol. The van der Waals surface area contributed by atoms with E-state index in [0.717, 1.165) is 19.0 Å². The lowest BCUT2D eigenvalue weighted by Crippen LogP contribution is -2.43. The third-order valence-electron chi connectivity index (χ3n) is 8.92. The first kappa shape index (κ1) is 28.5. The number of alkyl halides is 3. The lowest BCUT2D eigenvalue weighted by molar-refractivity contribution is 0.107. The number of aromatic hydroxyl groups is 1. The summed E-state index contributed by atoms with van der Waals surface area (Å²) in [4.78, 5) is 16.6. The maximum Gasteiger partial charge on any atom is 0.319 e. The zero-order chi connectivity index (χ0) is 30.7. The Balaban J connectivity index is 1.39. The Morgan fingerprint density at radius 2 is 2.02 bits per heavy atom. The summed E-state index contributed by atoms with van der Waals surface area (Å²) in [5, 5.41) is 11.1. The topological polar surface area (TPSA) is 74.6 Å². The van der Waals surface area contributed by atoms with Gasteiger partial charge in [0, 0.05) is 36.2 Å². The number of phenols is 1. The van der Waals surface area contributed by atoms with E-state index in [9.17, 15) is 22.7 Å². The molecule has 2 aromatic carbocycles. The van der Waals surface area contributed by atoms with E-state index in [0.29, 0.717) is 31.2 Å². The molecule has 4 aromatic rings. The average Bonchev–Trinajstić information content (AvgIpc) is 3.69. The summed E-state index contributed by atoms with van der Waals surface area (Å²) in [6.07, 6.45) is 6.41. The third kappa shape index (κ3) is 4.83. The SMILES string of the molecule is C#Cc1c(F)ccc2cc(O)cc(-c3ncc4c(N(CC(F)F)C5CC5)nc(OC[C@@]56CCCN5C[C@H](F)C6)nc4c3F)c12. The van der Waals surface area contributed by atoms with Gasteiger partial charge in [0.05, 0.1) is 23.0 Å². The minimum absolute atomic E-state index is 0.0292. The first-order chi connectivity index (χ1) is 21.2. The number of ether oxygens (including phenoxy) is 1. The summed E-state index contributed by atoms with van der Waals surface area (Å²) >= 11 is 0. The molecule has 1 saturated carbocycles. The summed E-state index contributed by atoms with van der Waals surface area (Å²) in [6, 6.07) is 4.72. The van der Waals surface area contributed by atoms with Gasteiger partial charge in [-0.05, 0) is 55.8 Å². The van der Waals surface area contributed by atoms with Crippen LogP contribution in [0.3, 0.4) is 0 Å². The standard InChI is InChI=1S/C32H28F5N5O2/c1-2-21-24(34)7-4-17-10-20(43)11-22(26(17)21)28-27(37)29-23(13-38-28)30(42(15-25(35)36)19-5-6-19)40-31(39-29)44-16-32-8-3-9-41(32)14-18(33)12-32/h1,4,7,10-11,13,18-19,25,43H,3,5-6,8-9,12,14-16H2/t18-,32+/m1/s1. The van der Waals surface area contributed by atoms with Gasteiger partial charge in [-0.15, -0.1) is 6.42 Å². The molecular weight excluding hydrogens is 581 g/mol. The van der Waals surface area contributed by atoms with Crippen LogP contribution in [0, 0.1) is 24.0 Å². The lowest BCUT2D eigenvalue weighted by Gasteiger charge is -2.31. The zero-order valence-corrected chi connectivity index (χ0v) is 23.5. The fourth-order valence-corrected chi connectivity index (χ4v) is 6.84. The molecule has 7 rings (SSSR count). The fraction of sp³-hybridized carbons (Fsp3) is 0.406. The summed E-state index contributed by atoms with van der Waals surface area (Å²) in [6.45, 7) is 0.457. The van der Waals surface area contributed by atoms with Gasteiger partial charge in [-0.3, -0.25) is 9.88 Å². The third-order valence-corrected chi connectivity index (χ3v) is 8.92. The molecule has 2 atom stereocenters. The van der Waals surface area contributed by atoms with E-state index in [1.54, 1.807) is 0 Å². The summed E-state index contributed by atoms with van der Waals surface area (Å²) < 4.78 is 79.2. The van der Waals surface area contributed by atoms with Crippen LogP contribution in [-0.4, -0.2) is 75.4 Å². The Hall–Kier alpha value is -4.24. The maximum atomic E-state index is 16.6. The molecule has 0 bridgehead atoms. The molecule has 1 aliphatic carbocycles. The summed E-state index contributed by atoms with van der Waals surface area (Å²) in [5.41, 5.74) is -1.18. The molecule has 7 nitrogen and oxygen atoms in total. The van der Waals surface area contributed by atoms with Crippen LogP contribution in [0.2, 0.25) is 0 Å². The van der Waals surface area contributed by atoms with E-state index < -0.39 is 36.3 Å². The molecule has 0 amide bonds. The lowest BCUT2D eigenvalue weighted by atomic mass is 9.95. The van der Waals surface area contributed by atoms with Gasteiger partial charge in [-0.1, -0.05) is 12.0 Å². The smallest absolute Gasteiger partial charge is 0.319 e. The van der Waals surface area contributed by atoms with Gasteiger partial charge < -0.3 is 14.7 Å². The molecule has 1 N–H and O–H groups in total. The molecule has 2 aromatic heterocycles. The van der Waals surface area contributed by atoms with Gasteiger partial charge in [0.1, 0.15) is 41.4 Å². The van der Waals surface area contributed by atoms with Crippen LogP contribution in [0.15, 0.2) is 30.5 Å². The number of hydrogen-bond donors (Lipinski definition) is 1. The largest absolute Gasteiger partial charge is 0.508 e. The van der Waals surface area contributed by atoms with E-state index in [1.165, 1.54) is 29.3 Å². The van der Waals surface area contributed by atoms with Crippen molar-refractivity contribution in [3.63, 3.8) is 0 Å². The van der Waals surface area contributed by atoms with Gasteiger partial charge in [-0.25, -0.2) is 22.0 Å². The number of phenolic OH excluding ortho intramolecular Hbond substituents is 1. The number of pyridine rings is 1. The van der Waals surface area contributed by atoms with Crippen molar-refractivity contribution in [3.8, 4) is 35.4 Å². The van der Waals surface area contributed by atoms with Crippen molar-refractivity contribution >= 4 is 27.5 Å². The van der Waals surface area contributed by atoms with Gasteiger partial charge in [0.2, 0.25) is 0 Å². The molecule has 3 fully saturated rings. The number of fused-ring (bicyclic) bond motifs is 3. The number of aromatic nitrogens is 3. The molecule has 228 valence electrons. The van der Waals surface area contributed by atoms with Crippen LogP contribution in [0.25, 0.3) is 32.9 Å². The van der Waals surface area contributed by atoms with Crippen molar-refractivity contribution in [2.45, 2.75) is 56.3 Å². The molecule has 0 spiro atoms. The minimum atomic E-state index is -2.69. The average molecular weight is 610 g/mol. The number of hydrogen-bond acceptors (Lipinski definition) is 7. The van der Waals surface area contributed by atoms with Crippen LogP contribution < -0.4 is 9.64 Å². The Bertz CT molecular complexity index is 1830. The highest BCUT2D eigenvalue weighted by atomic mass is 19.3. The van der Waals surface area contributed by atoms with E-state index in [2.05, 4.69) is 20.9 Å². The second kappa shape index (κ2) is 10.7. The normalized spacial score (nSPS) is 21.7. The highest BCUT2D eigenvalue weighted by molar-refractivity contribution is 6.03. The van der Waals surface area contributed by atoms with Crippen molar-refractivity contribution in [1.82, 2.24) is 19.9 Å². The number of halogens is 5. The van der Waals surface area contributed by atoms with Crippen molar-refractivity contribution in [1.29, 1.82) is 0 Å². The van der Waals surface area contributed by atoms with Gasteiger partial charge >= 0.3 is 6.01 Å². The van der Waals surface area contributed by atoms with E-state index in [4.69, 9.17) is 11.2 Å². The summed E-state index contributed by atoms with van der Waals surface area (Å²) in [5.74, 6) is 0.470. The first-order valence-corrected chi connectivity index (χ1v) is 14.5. The molecular formula is C32H28F5N5O2. The van der Waals surface area contributed by atoms with Crippen LogP contribution in [0.5, 0.6) is 11.8 Å². The summed E-state index contributed by atoms with van der Waals surface area (Å²) in [7, 11) is 0. The molecule has 2 saturated heterocycles. The van der Waals surface area contributed by atoms with Crippen molar-refractivity contribution < 1.29 is 31.8 Å². The van der Waals surface area contributed by atoms with Gasteiger partial charge in [-0.2, -0.15) is 9.97 Å². The quantitative estimate of drug-likeness (QED) is 0.194. The van der Waals surface area contributed by atoms with Crippen molar-refractivity contribution in [3.05, 3.63) is 47.7 Å².